The summed E-state index contributed by atoms with van der Waals surface area (Å²) in [6, 6.07) is 13.1. The quantitative estimate of drug-likeness (QED) is 0.356. The van der Waals surface area contributed by atoms with Crippen molar-refractivity contribution in [3.8, 4) is 0 Å². The fourth-order valence-electron chi connectivity index (χ4n) is 3.06. The zero-order chi connectivity index (χ0) is 21.9. The van der Waals surface area contributed by atoms with E-state index in [0.29, 0.717) is 24.1 Å². The smallest absolute Gasteiger partial charge is 0.261 e. The number of rotatable bonds is 8. The van der Waals surface area contributed by atoms with E-state index in [1.807, 2.05) is 24.5 Å². The van der Waals surface area contributed by atoms with Crippen molar-refractivity contribution in [3.05, 3.63) is 60.3 Å². The molecule has 0 fully saturated rings. The van der Waals surface area contributed by atoms with Gasteiger partial charge in [-0.05, 0) is 61.4 Å². The van der Waals surface area contributed by atoms with E-state index in [1.165, 1.54) is 6.07 Å². The highest BCUT2D eigenvalue weighted by atomic mass is 35.5. The maximum absolute atomic E-state index is 12.8. The number of amides is 1. The SMILES string of the molecule is CCC(Cl)(CC)NC(=O)c1ccc(NS(=O)(=O)c2ccc3c(ccn3CCl)c2)cc1. The first-order valence-electron chi connectivity index (χ1n) is 9.50. The fourth-order valence-corrected chi connectivity index (χ4v) is 4.44. The second-order valence-electron chi connectivity index (χ2n) is 6.94. The third-order valence-electron chi connectivity index (χ3n) is 5.04. The number of alkyl halides is 2. The molecule has 0 aliphatic carbocycles. The number of nitrogens with one attached hydrogen (secondary N) is 2. The first-order chi connectivity index (χ1) is 14.2. The van der Waals surface area contributed by atoms with Crippen molar-refractivity contribution in [1.29, 1.82) is 0 Å². The molecule has 0 spiro atoms. The lowest BCUT2D eigenvalue weighted by atomic mass is 10.1. The molecule has 0 saturated carbocycles. The van der Waals surface area contributed by atoms with Gasteiger partial charge in [0.15, 0.2) is 0 Å². The molecule has 160 valence electrons. The van der Waals surface area contributed by atoms with Crippen molar-refractivity contribution in [2.45, 2.75) is 42.6 Å². The van der Waals surface area contributed by atoms with Crippen LogP contribution in [0.1, 0.15) is 37.0 Å². The molecule has 9 heteroatoms. The van der Waals surface area contributed by atoms with Gasteiger partial charge in [-0.2, -0.15) is 0 Å². The van der Waals surface area contributed by atoms with Crippen LogP contribution in [0.25, 0.3) is 10.9 Å². The number of nitrogens with zero attached hydrogens (tertiary/aromatic N) is 1. The topological polar surface area (TPSA) is 80.2 Å². The van der Waals surface area contributed by atoms with E-state index in [-0.39, 0.29) is 16.8 Å². The van der Waals surface area contributed by atoms with Gasteiger partial charge in [-0.3, -0.25) is 9.52 Å². The Hall–Kier alpha value is -2.22. The van der Waals surface area contributed by atoms with Crippen LogP contribution in [0.5, 0.6) is 0 Å². The first-order valence-corrected chi connectivity index (χ1v) is 11.9. The van der Waals surface area contributed by atoms with Gasteiger partial charge >= 0.3 is 0 Å². The zero-order valence-electron chi connectivity index (χ0n) is 16.7. The molecule has 30 heavy (non-hydrogen) atoms. The Labute approximate surface area is 186 Å². The van der Waals surface area contributed by atoms with Gasteiger partial charge in [0, 0.05) is 28.4 Å². The summed E-state index contributed by atoms with van der Waals surface area (Å²) in [5, 5.41) is 3.58. The Bertz CT molecular complexity index is 1150. The molecular formula is C21H23Cl2N3O3S. The van der Waals surface area contributed by atoms with Crippen LogP contribution in [-0.2, 0) is 16.0 Å². The molecule has 6 nitrogen and oxygen atoms in total. The minimum Gasteiger partial charge on any atom is -0.333 e. The Morgan fingerprint density at radius 2 is 1.73 bits per heavy atom. The normalized spacial score (nSPS) is 12.1. The van der Waals surface area contributed by atoms with Crippen LogP contribution in [0.15, 0.2) is 59.6 Å². The van der Waals surface area contributed by atoms with Crippen LogP contribution in [0.3, 0.4) is 0 Å². The molecule has 2 aromatic carbocycles. The molecule has 0 unspecified atom stereocenters. The molecule has 0 aliphatic heterocycles. The van der Waals surface area contributed by atoms with Gasteiger partial charge in [0.1, 0.15) is 5.00 Å². The lowest BCUT2D eigenvalue weighted by Gasteiger charge is -2.25. The second kappa shape index (κ2) is 8.88. The van der Waals surface area contributed by atoms with Crippen molar-refractivity contribution in [2.24, 2.45) is 0 Å². The van der Waals surface area contributed by atoms with Gasteiger partial charge in [-0.25, -0.2) is 8.42 Å². The number of sulfonamides is 1. The number of benzene rings is 2. The average molecular weight is 468 g/mol. The van der Waals surface area contributed by atoms with E-state index in [0.717, 1.165) is 10.9 Å². The number of carbonyl (C=O) groups excluding carboxylic acids is 1. The summed E-state index contributed by atoms with van der Waals surface area (Å²) in [5.41, 5.74) is 1.61. The van der Waals surface area contributed by atoms with Gasteiger partial charge < -0.3 is 9.88 Å². The molecular weight excluding hydrogens is 445 g/mol. The lowest BCUT2D eigenvalue weighted by molar-refractivity contribution is 0.0924. The van der Waals surface area contributed by atoms with Crippen LogP contribution in [0.2, 0.25) is 0 Å². The van der Waals surface area contributed by atoms with Crippen LogP contribution < -0.4 is 10.0 Å². The van der Waals surface area contributed by atoms with Crippen molar-refractivity contribution >= 4 is 55.7 Å². The largest absolute Gasteiger partial charge is 0.333 e. The van der Waals surface area contributed by atoms with E-state index in [1.54, 1.807) is 42.6 Å². The summed E-state index contributed by atoms with van der Waals surface area (Å²) in [7, 11) is -3.79. The van der Waals surface area contributed by atoms with Gasteiger partial charge in [0.25, 0.3) is 15.9 Å². The Balaban J connectivity index is 1.76. The van der Waals surface area contributed by atoms with Crippen LogP contribution in [-0.4, -0.2) is 23.9 Å². The number of halogens is 2. The number of hydrogen-bond donors (Lipinski definition) is 2. The zero-order valence-corrected chi connectivity index (χ0v) is 19.0. The summed E-state index contributed by atoms with van der Waals surface area (Å²) >= 11 is 12.2. The third-order valence-corrected chi connectivity index (χ3v) is 7.30. The highest BCUT2D eigenvalue weighted by Crippen LogP contribution is 2.24. The minimum absolute atomic E-state index is 0.141. The van der Waals surface area contributed by atoms with Crippen molar-refractivity contribution < 1.29 is 13.2 Å². The summed E-state index contributed by atoms with van der Waals surface area (Å²) in [6.45, 7) is 3.80. The van der Waals surface area contributed by atoms with Gasteiger partial charge in [-0.15, -0.1) is 11.6 Å². The second-order valence-corrected chi connectivity index (χ2v) is 9.58. The van der Waals surface area contributed by atoms with Gasteiger partial charge in [0.05, 0.1) is 10.9 Å². The van der Waals surface area contributed by atoms with E-state index >= 15 is 0 Å². The molecule has 1 aromatic heterocycles. The van der Waals surface area contributed by atoms with Crippen LogP contribution in [0.4, 0.5) is 5.69 Å². The summed E-state index contributed by atoms with van der Waals surface area (Å²) in [6.07, 6.45) is 2.98. The van der Waals surface area contributed by atoms with E-state index in [2.05, 4.69) is 10.0 Å². The maximum atomic E-state index is 12.8. The lowest BCUT2D eigenvalue weighted by Crippen LogP contribution is -2.42. The molecule has 2 N–H and O–H groups in total. The third kappa shape index (κ3) is 4.74. The van der Waals surface area contributed by atoms with Crippen LogP contribution >= 0.6 is 23.2 Å². The number of aromatic nitrogens is 1. The van der Waals surface area contributed by atoms with E-state index < -0.39 is 15.0 Å². The fraction of sp³-hybridized carbons (Fsp3) is 0.286. The molecule has 0 saturated heterocycles. The van der Waals surface area contributed by atoms with Gasteiger partial charge in [-0.1, -0.05) is 25.4 Å². The maximum Gasteiger partial charge on any atom is 0.261 e. The van der Waals surface area contributed by atoms with Gasteiger partial charge in [0.2, 0.25) is 0 Å². The highest BCUT2D eigenvalue weighted by molar-refractivity contribution is 7.92. The van der Waals surface area contributed by atoms with E-state index in [9.17, 15) is 13.2 Å². The van der Waals surface area contributed by atoms with Crippen molar-refractivity contribution in [1.82, 2.24) is 9.88 Å². The van der Waals surface area contributed by atoms with Crippen molar-refractivity contribution in [2.75, 3.05) is 4.72 Å². The Morgan fingerprint density at radius 1 is 1.07 bits per heavy atom. The predicted molar refractivity (Wildman–Crippen MR) is 122 cm³/mol. The molecule has 3 rings (SSSR count). The number of hydrogen-bond acceptors (Lipinski definition) is 3. The molecule has 3 aromatic rings. The molecule has 0 radical (unpaired) electrons. The monoisotopic (exact) mass is 467 g/mol. The summed E-state index contributed by atoms with van der Waals surface area (Å²) in [4.78, 5) is 11.7. The number of carbonyl (C=O) groups is 1. The molecule has 0 atom stereocenters. The minimum atomic E-state index is -3.79. The van der Waals surface area contributed by atoms with Crippen LogP contribution in [0, 0.1) is 0 Å². The Morgan fingerprint density at radius 3 is 2.33 bits per heavy atom. The Kier molecular flexibility index (Phi) is 6.65. The molecule has 1 amide bonds. The standard InChI is InChI=1S/C21H23Cl2N3O3S/c1-3-21(23,4-2)24-20(27)15-5-7-17(8-6-15)25-30(28,29)18-9-10-19-16(13-18)11-12-26(19)14-22/h5-13,25H,3-4,14H2,1-2H3,(H,24,27). The summed E-state index contributed by atoms with van der Waals surface area (Å²) < 4.78 is 29.9. The summed E-state index contributed by atoms with van der Waals surface area (Å²) in [5.74, 6) is -0.308. The number of fused-ring (bicyclic) bond motifs is 1. The molecule has 1 heterocycles. The molecule has 0 bridgehead atoms. The van der Waals surface area contributed by atoms with E-state index in [4.69, 9.17) is 23.2 Å². The van der Waals surface area contributed by atoms with Crippen molar-refractivity contribution in [3.63, 3.8) is 0 Å². The predicted octanol–water partition coefficient (Wildman–Crippen LogP) is 5.12. The highest BCUT2D eigenvalue weighted by Gasteiger charge is 2.25. The number of anilines is 1. The first kappa shape index (κ1) is 22.5. The average Bonchev–Trinajstić information content (AvgIpc) is 3.16. The molecule has 0 aliphatic rings.